The Kier molecular flexibility index (Phi) is 4.35. The van der Waals surface area contributed by atoms with Crippen LogP contribution >= 0.6 is 11.6 Å². The minimum atomic E-state index is -0.226. The van der Waals surface area contributed by atoms with Crippen molar-refractivity contribution in [2.45, 2.75) is 12.5 Å². The van der Waals surface area contributed by atoms with Crippen LogP contribution in [-0.2, 0) is 4.79 Å². The lowest BCUT2D eigenvalue weighted by atomic mass is 10.2. The first-order valence-electron chi connectivity index (χ1n) is 7.17. The van der Waals surface area contributed by atoms with Crippen LogP contribution in [0.5, 0.6) is 11.5 Å². The van der Waals surface area contributed by atoms with Gasteiger partial charge in [-0.2, -0.15) is 5.26 Å². The second-order valence-corrected chi connectivity index (χ2v) is 5.57. The van der Waals surface area contributed by atoms with Gasteiger partial charge in [0.2, 0.25) is 5.91 Å². The summed E-state index contributed by atoms with van der Waals surface area (Å²) < 4.78 is 5.71. The largest absolute Gasteiger partial charge is 0.456 e. The second-order valence-electron chi connectivity index (χ2n) is 5.16. The molecule has 0 radical (unpaired) electrons. The molecule has 0 spiro atoms. The Morgan fingerprint density at radius 2 is 2.04 bits per heavy atom. The highest BCUT2D eigenvalue weighted by Crippen LogP contribution is 2.32. The number of carbonyl (C=O) groups is 1. The molecular weight excluding hydrogens is 314 g/mol. The molecule has 23 heavy (non-hydrogen) atoms. The molecule has 2 aromatic carbocycles. The molecule has 1 fully saturated rings. The molecule has 0 unspecified atom stereocenters. The van der Waals surface area contributed by atoms with Gasteiger partial charge in [0, 0.05) is 12.2 Å². The van der Waals surface area contributed by atoms with E-state index in [2.05, 4.69) is 16.7 Å². The topological polar surface area (TPSA) is 74.2 Å². The predicted octanol–water partition coefficient (Wildman–Crippen LogP) is 3.30. The molecule has 0 bridgehead atoms. The first-order valence-corrected chi connectivity index (χ1v) is 7.55. The molecule has 1 aliphatic heterocycles. The van der Waals surface area contributed by atoms with E-state index in [0.29, 0.717) is 28.6 Å². The highest BCUT2D eigenvalue weighted by atomic mass is 35.5. The van der Waals surface area contributed by atoms with E-state index < -0.39 is 0 Å². The maximum atomic E-state index is 11.6. The molecule has 6 heteroatoms. The molecule has 2 N–H and O–H groups in total. The van der Waals surface area contributed by atoms with Gasteiger partial charge in [0.25, 0.3) is 0 Å². The number of ether oxygens (including phenoxy) is 1. The summed E-state index contributed by atoms with van der Waals surface area (Å²) >= 11 is 6.24. The summed E-state index contributed by atoms with van der Waals surface area (Å²) in [4.78, 5) is 11.6. The van der Waals surface area contributed by atoms with Gasteiger partial charge in [0.05, 0.1) is 16.7 Å². The monoisotopic (exact) mass is 327 g/mol. The van der Waals surface area contributed by atoms with E-state index >= 15 is 0 Å². The van der Waals surface area contributed by atoms with Crippen molar-refractivity contribution in [2.24, 2.45) is 0 Å². The maximum absolute atomic E-state index is 11.6. The van der Waals surface area contributed by atoms with Crippen LogP contribution < -0.4 is 15.4 Å². The molecule has 0 aromatic heterocycles. The Morgan fingerprint density at radius 3 is 2.65 bits per heavy atom. The average molecular weight is 328 g/mol. The molecule has 3 rings (SSSR count). The number of nitrogens with one attached hydrogen (secondary N) is 2. The minimum Gasteiger partial charge on any atom is -0.456 e. The van der Waals surface area contributed by atoms with Crippen LogP contribution in [-0.4, -0.2) is 18.5 Å². The summed E-state index contributed by atoms with van der Waals surface area (Å²) in [6.07, 6.45) is 0.750. The van der Waals surface area contributed by atoms with Crippen LogP contribution in [0, 0.1) is 11.3 Å². The van der Waals surface area contributed by atoms with E-state index in [9.17, 15) is 4.79 Å². The van der Waals surface area contributed by atoms with Crippen molar-refractivity contribution < 1.29 is 9.53 Å². The number of hydrogen-bond donors (Lipinski definition) is 2. The molecule has 1 saturated heterocycles. The molecule has 2 aromatic rings. The smallest absolute Gasteiger partial charge is 0.242 e. The Bertz CT molecular complexity index is 768. The van der Waals surface area contributed by atoms with Crippen molar-refractivity contribution in [3.8, 4) is 17.6 Å². The summed E-state index contributed by atoms with van der Waals surface area (Å²) in [5.74, 6) is 1.11. The van der Waals surface area contributed by atoms with Gasteiger partial charge in [0.1, 0.15) is 17.5 Å². The molecule has 5 nitrogen and oxygen atoms in total. The SMILES string of the molecule is N#Cc1ccc(Oc2ccc(N[C@@H]3CCNC3=O)cc2Cl)cc1. The van der Waals surface area contributed by atoms with E-state index in [1.165, 1.54) is 0 Å². The van der Waals surface area contributed by atoms with Crippen molar-refractivity contribution >= 4 is 23.2 Å². The minimum absolute atomic E-state index is 0.000897. The molecule has 116 valence electrons. The van der Waals surface area contributed by atoms with Gasteiger partial charge in [-0.15, -0.1) is 0 Å². The standard InChI is InChI=1S/C17H14ClN3O2/c18-14-9-12(21-15-7-8-20-17(15)22)3-6-16(14)23-13-4-1-11(10-19)2-5-13/h1-6,9,15,21H,7-8H2,(H,20,22)/t15-/m1/s1. The summed E-state index contributed by atoms with van der Waals surface area (Å²) in [7, 11) is 0. The lowest BCUT2D eigenvalue weighted by Crippen LogP contribution is -2.29. The van der Waals surface area contributed by atoms with Gasteiger partial charge in [0.15, 0.2) is 0 Å². The lowest BCUT2D eigenvalue weighted by Gasteiger charge is -2.13. The first kappa shape index (κ1) is 15.2. The third-order valence-electron chi connectivity index (χ3n) is 3.53. The zero-order chi connectivity index (χ0) is 16.2. The first-order chi connectivity index (χ1) is 11.2. The molecule has 1 heterocycles. The fourth-order valence-corrected chi connectivity index (χ4v) is 2.55. The predicted molar refractivity (Wildman–Crippen MR) is 87.7 cm³/mol. The van der Waals surface area contributed by atoms with Gasteiger partial charge in [-0.05, 0) is 48.9 Å². The van der Waals surface area contributed by atoms with Gasteiger partial charge in [-0.25, -0.2) is 0 Å². The molecule has 0 aliphatic carbocycles. The van der Waals surface area contributed by atoms with E-state index in [1.807, 2.05) is 6.07 Å². The van der Waals surface area contributed by atoms with Crippen molar-refractivity contribution in [3.63, 3.8) is 0 Å². The highest BCUT2D eigenvalue weighted by Gasteiger charge is 2.23. The van der Waals surface area contributed by atoms with Gasteiger partial charge < -0.3 is 15.4 Å². The van der Waals surface area contributed by atoms with E-state index in [4.69, 9.17) is 21.6 Å². The van der Waals surface area contributed by atoms with Crippen LogP contribution in [0.2, 0.25) is 5.02 Å². The number of carbonyl (C=O) groups excluding carboxylic acids is 1. The Balaban J connectivity index is 1.71. The van der Waals surface area contributed by atoms with Crippen molar-refractivity contribution in [2.75, 3.05) is 11.9 Å². The van der Waals surface area contributed by atoms with Crippen LogP contribution in [0.3, 0.4) is 0 Å². The average Bonchev–Trinajstić information content (AvgIpc) is 2.96. The number of nitriles is 1. The zero-order valence-electron chi connectivity index (χ0n) is 12.2. The number of hydrogen-bond acceptors (Lipinski definition) is 4. The summed E-state index contributed by atoms with van der Waals surface area (Å²) in [5, 5.41) is 15.1. The van der Waals surface area contributed by atoms with Gasteiger partial charge in [-0.3, -0.25) is 4.79 Å². The number of nitrogens with zero attached hydrogens (tertiary/aromatic N) is 1. The summed E-state index contributed by atoms with van der Waals surface area (Å²) in [6.45, 7) is 0.685. The fourth-order valence-electron chi connectivity index (χ4n) is 2.33. The lowest BCUT2D eigenvalue weighted by molar-refractivity contribution is -0.119. The molecule has 0 saturated carbocycles. The fraction of sp³-hybridized carbons (Fsp3) is 0.176. The maximum Gasteiger partial charge on any atom is 0.242 e. The molecule has 1 aliphatic rings. The Morgan fingerprint density at radius 1 is 1.26 bits per heavy atom. The third-order valence-corrected chi connectivity index (χ3v) is 3.83. The molecule has 1 atom stereocenters. The number of benzene rings is 2. The number of rotatable bonds is 4. The number of amides is 1. The molecular formula is C17H14ClN3O2. The van der Waals surface area contributed by atoms with Crippen molar-refractivity contribution in [3.05, 3.63) is 53.1 Å². The van der Waals surface area contributed by atoms with Crippen LogP contribution in [0.1, 0.15) is 12.0 Å². The Labute approximate surface area is 138 Å². The number of anilines is 1. The van der Waals surface area contributed by atoms with E-state index in [0.717, 1.165) is 12.1 Å². The summed E-state index contributed by atoms with van der Waals surface area (Å²) in [6, 6.07) is 13.9. The normalized spacial score (nSPS) is 16.5. The zero-order valence-corrected chi connectivity index (χ0v) is 12.9. The van der Waals surface area contributed by atoms with Crippen LogP contribution in [0.25, 0.3) is 0 Å². The van der Waals surface area contributed by atoms with E-state index in [-0.39, 0.29) is 11.9 Å². The molecule has 1 amide bonds. The van der Waals surface area contributed by atoms with Gasteiger partial charge >= 0.3 is 0 Å². The van der Waals surface area contributed by atoms with Crippen LogP contribution in [0.4, 0.5) is 5.69 Å². The highest BCUT2D eigenvalue weighted by molar-refractivity contribution is 6.32. The number of halogens is 1. The Hall–Kier alpha value is -2.71. The third kappa shape index (κ3) is 3.55. The second kappa shape index (κ2) is 6.59. The van der Waals surface area contributed by atoms with Gasteiger partial charge in [-0.1, -0.05) is 11.6 Å². The van der Waals surface area contributed by atoms with Crippen molar-refractivity contribution in [1.29, 1.82) is 5.26 Å². The quantitative estimate of drug-likeness (QED) is 0.903. The van der Waals surface area contributed by atoms with Crippen LogP contribution in [0.15, 0.2) is 42.5 Å². The van der Waals surface area contributed by atoms with E-state index in [1.54, 1.807) is 36.4 Å². The van der Waals surface area contributed by atoms with Crippen molar-refractivity contribution in [1.82, 2.24) is 5.32 Å². The summed E-state index contributed by atoms with van der Waals surface area (Å²) in [5.41, 5.74) is 1.34.